The number of benzene rings is 2. The number of amides is 2. The van der Waals surface area contributed by atoms with Crippen LogP contribution in [0.5, 0.6) is 5.75 Å². The summed E-state index contributed by atoms with van der Waals surface area (Å²) < 4.78 is 5.33. The summed E-state index contributed by atoms with van der Waals surface area (Å²) in [6, 6.07) is 15.1. The van der Waals surface area contributed by atoms with Crippen molar-refractivity contribution in [3.63, 3.8) is 0 Å². The number of hydrogen-bond donors (Lipinski definition) is 2. The van der Waals surface area contributed by atoms with E-state index in [-0.39, 0.29) is 13.2 Å². The molecule has 0 spiro atoms. The molecule has 0 saturated carbocycles. The summed E-state index contributed by atoms with van der Waals surface area (Å²) in [5, 5.41) is 2.73. The molecule has 2 rings (SSSR count). The van der Waals surface area contributed by atoms with E-state index >= 15 is 0 Å². The van der Waals surface area contributed by atoms with Crippen molar-refractivity contribution in [3.8, 4) is 16.9 Å². The first kappa shape index (κ1) is 15.9. The number of carbonyl (C=O) groups is 2. The van der Waals surface area contributed by atoms with Crippen molar-refractivity contribution in [2.24, 2.45) is 5.73 Å². The first-order valence-electron chi connectivity index (χ1n) is 6.59. The summed E-state index contributed by atoms with van der Waals surface area (Å²) in [6.07, 6.45) is 0. The molecular formula is C16H15ClN2O3. The van der Waals surface area contributed by atoms with Crippen LogP contribution >= 0.6 is 11.6 Å². The predicted octanol–water partition coefficient (Wildman–Crippen LogP) is 1.99. The van der Waals surface area contributed by atoms with Crippen molar-refractivity contribution in [1.82, 2.24) is 5.32 Å². The Kier molecular flexibility index (Phi) is 5.38. The molecule has 0 fully saturated rings. The lowest BCUT2D eigenvalue weighted by Gasteiger charge is -2.09. The number of hydrogen-bond acceptors (Lipinski definition) is 3. The zero-order valence-electron chi connectivity index (χ0n) is 11.7. The molecule has 0 aromatic heterocycles. The molecule has 0 aliphatic carbocycles. The number of carbonyl (C=O) groups excluding carboxylic acids is 2. The number of halogens is 1. The second kappa shape index (κ2) is 7.47. The van der Waals surface area contributed by atoms with Gasteiger partial charge in [-0.1, -0.05) is 48.0 Å². The average molecular weight is 319 g/mol. The highest BCUT2D eigenvalue weighted by molar-refractivity contribution is 6.32. The van der Waals surface area contributed by atoms with E-state index in [9.17, 15) is 9.59 Å². The molecule has 0 saturated heterocycles. The van der Waals surface area contributed by atoms with Crippen LogP contribution in [-0.4, -0.2) is 25.0 Å². The van der Waals surface area contributed by atoms with Crippen LogP contribution < -0.4 is 15.8 Å². The lowest BCUT2D eigenvalue weighted by atomic mass is 10.1. The van der Waals surface area contributed by atoms with Gasteiger partial charge in [0.05, 0.1) is 11.6 Å². The van der Waals surface area contributed by atoms with E-state index in [1.54, 1.807) is 12.1 Å². The number of nitrogens with two attached hydrogens (primary N) is 1. The van der Waals surface area contributed by atoms with Gasteiger partial charge >= 0.3 is 0 Å². The molecule has 0 radical (unpaired) electrons. The molecule has 2 amide bonds. The number of primary amides is 1. The maximum Gasteiger partial charge on any atom is 0.258 e. The maximum absolute atomic E-state index is 11.4. The van der Waals surface area contributed by atoms with Crippen LogP contribution in [0, 0.1) is 0 Å². The van der Waals surface area contributed by atoms with Gasteiger partial charge in [-0.25, -0.2) is 0 Å². The third kappa shape index (κ3) is 4.49. The van der Waals surface area contributed by atoms with Gasteiger partial charge in [0.1, 0.15) is 5.75 Å². The van der Waals surface area contributed by atoms with Crippen LogP contribution in [-0.2, 0) is 9.59 Å². The van der Waals surface area contributed by atoms with E-state index < -0.39 is 11.8 Å². The van der Waals surface area contributed by atoms with Crippen molar-refractivity contribution in [2.45, 2.75) is 0 Å². The van der Waals surface area contributed by atoms with Gasteiger partial charge in [-0.05, 0) is 23.3 Å². The Morgan fingerprint density at radius 3 is 2.45 bits per heavy atom. The molecule has 0 unspecified atom stereocenters. The van der Waals surface area contributed by atoms with E-state index in [0.717, 1.165) is 11.1 Å². The summed E-state index contributed by atoms with van der Waals surface area (Å²) in [7, 11) is 0. The minimum absolute atomic E-state index is 0.219. The number of ether oxygens (including phenoxy) is 1. The largest absolute Gasteiger partial charge is 0.482 e. The van der Waals surface area contributed by atoms with Gasteiger partial charge in [-0.15, -0.1) is 0 Å². The lowest BCUT2D eigenvalue weighted by molar-refractivity contribution is -0.126. The molecule has 0 heterocycles. The Balaban J connectivity index is 1.98. The monoisotopic (exact) mass is 318 g/mol. The third-order valence-electron chi connectivity index (χ3n) is 2.86. The quantitative estimate of drug-likeness (QED) is 0.854. The van der Waals surface area contributed by atoms with Gasteiger partial charge in [0, 0.05) is 0 Å². The van der Waals surface area contributed by atoms with Crippen molar-refractivity contribution < 1.29 is 14.3 Å². The molecule has 2 aromatic rings. The van der Waals surface area contributed by atoms with Crippen molar-refractivity contribution in [1.29, 1.82) is 0 Å². The molecular weight excluding hydrogens is 304 g/mol. The van der Waals surface area contributed by atoms with Gasteiger partial charge < -0.3 is 15.8 Å². The van der Waals surface area contributed by atoms with Crippen LogP contribution in [0.1, 0.15) is 0 Å². The minimum Gasteiger partial charge on any atom is -0.482 e. The molecule has 0 aliphatic heterocycles. The summed E-state index contributed by atoms with van der Waals surface area (Å²) in [4.78, 5) is 22.0. The standard InChI is InChI=1S/C16H15ClN2O3/c17-13-8-12(11-4-2-1-3-5-11)6-7-14(13)22-10-16(21)19-9-15(18)20/h1-8H,9-10H2,(H2,18,20)(H,19,21). The Morgan fingerprint density at radius 2 is 1.82 bits per heavy atom. The highest BCUT2D eigenvalue weighted by atomic mass is 35.5. The molecule has 0 bridgehead atoms. The molecule has 3 N–H and O–H groups in total. The molecule has 0 atom stereocenters. The van der Waals surface area contributed by atoms with Crippen LogP contribution in [0.4, 0.5) is 0 Å². The molecule has 2 aromatic carbocycles. The first-order valence-corrected chi connectivity index (χ1v) is 6.97. The van der Waals surface area contributed by atoms with E-state index in [0.29, 0.717) is 10.8 Å². The first-order chi connectivity index (χ1) is 10.6. The van der Waals surface area contributed by atoms with E-state index in [2.05, 4.69) is 5.32 Å². The van der Waals surface area contributed by atoms with Crippen molar-refractivity contribution in [2.75, 3.05) is 13.2 Å². The summed E-state index contributed by atoms with van der Waals surface area (Å²) in [6.45, 7) is -0.458. The highest BCUT2D eigenvalue weighted by Crippen LogP contribution is 2.30. The molecule has 22 heavy (non-hydrogen) atoms. The lowest BCUT2D eigenvalue weighted by Crippen LogP contribution is -2.36. The van der Waals surface area contributed by atoms with E-state index in [1.165, 1.54) is 0 Å². The number of nitrogens with one attached hydrogen (secondary N) is 1. The van der Waals surface area contributed by atoms with Gasteiger partial charge in [0.2, 0.25) is 5.91 Å². The Bertz CT molecular complexity index is 674. The van der Waals surface area contributed by atoms with Crippen molar-refractivity contribution >= 4 is 23.4 Å². The van der Waals surface area contributed by atoms with E-state index in [1.807, 2.05) is 36.4 Å². The third-order valence-corrected chi connectivity index (χ3v) is 3.15. The van der Waals surface area contributed by atoms with Crippen LogP contribution in [0.3, 0.4) is 0 Å². The summed E-state index contributed by atoms with van der Waals surface area (Å²) >= 11 is 6.16. The smallest absolute Gasteiger partial charge is 0.258 e. The fourth-order valence-electron chi connectivity index (χ4n) is 1.81. The maximum atomic E-state index is 11.4. The predicted molar refractivity (Wildman–Crippen MR) is 84.6 cm³/mol. The average Bonchev–Trinajstić information content (AvgIpc) is 2.52. The zero-order chi connectivity index (χ0) is 15.9. The molecule has 6 heteroatoms. The molecule has 114 valence electrons. The minimum atomic E-state index is -0.612. The Morgan fingerprint density at radius 1 is 1.09 bits per heavy atom. The Hall–Kier alpha value is -2.53. The van der Waals surface area contributed by atoms with Crippen LogP contribution in [0.15, 0.2) is 48.5 Å². The summed E-state index contributed by atoms with van der Waals surface area (Å²) in [5.74, 6) is -0.656. The molecule has 5 nitrogen and oxygen atoms in total. The zero-order valence-corrected chi connectivity index (χ0v) is 12.5. The van der Waals surface area contributed by atoms with Gasteiger partial charge in [-0.2, -0.15) is 0 Å². The van der Waals surface area contributed by atoms with Gasteiger partial charge in [0.25, 0.3) is 5.91 Å². The molecule has 0 aliphatic rings. The Labute approximate surface area is 133 Å². The van der Waals surface area contributed by atoms with Crippen molar-refractivity contribution in [3.05, 3.63) is 53.6 Å². The highest BCUT2D eigenvalue weighted by Gasteiger charge is 2.08. The SMILES string of the molecule is NC(=O)CNC(=O)COc1ccc(-c2ccccc2)cc1Cl. The van der Waals surface area contributed by atoms with Crippen LogP contribution in [0.25, 0.3) is 11.1 Å². The number of rotatable bonds is 6. The van der Waals surface area contributed by atoms with Gasteiger partial charge in [-0.3, -0.25) is 9.59 Å². The van der Waals surface area contributed by atoms with Gasteiger partial charge in [0.15, 0.2) is 6.61 Å². The fourth-order valence-corrected chi connectivity index (χ4v) is 2.04. The second-order valence-electron chi connectivity index (χ2n) is 4.54. The van der Waals surface area contributed by atoms with Crippen LogP contribution in [0.2, 0.25) is 5.02 Å². The summed E-state index contributed by atoms with van der Waals surface area (Å²) in [5.41, 5.74) is 6.92. The topological polar surface area (TPSA) is 81.4 Å². The second-order valence-corrected chi connectivity index (χ2v) is 4.95. The van der Waals surface area contributed by atoms with E-state index in [4.69, 9.17) is 22.1 Å². The fraction of sp³-hybridized carbons (Fsp3) is 0.125. The normalized spacial score (nSPS) is 10.0.